The van der Waals surface area contributed by atoms with Crippen molar-refractivity contribution in [3.63, 3.8) is 0 Å². The van der Waals surface area contributed by atoms with Crippen molar-refractivity contribution in [2.75, 3.05) is 13.2 Å². The van der Waals surface area contributed by atoms with E-state index in [4.69, 9.17) is 0 Å². The summed E-state index contributed by atoms with van der Waals surface area (Å²) in [7, 11) is 0. The molecule has 2 aromatic carbocycles. The lowest BCUT2D eigenvalue weighted by atomic mass is 9.72. The first-order valence-corrected chi connectivity index (χ1v) is 16.4. The molecular weight excluding hydrogens is 464 g/mol. The molecule has 0 radical (unpaired) electrons. The van der Waals surface area contributed by atoms with Crippen LogP contribution >= 0.6 is 0 Å². The first-order valence-electron chi connectivity index (χ1n) is 16.4. The maximum absolute atomic E-state index is 9.49. The van der Waals surface area contributed by atoms with Gasteiger partial charge in [-0.3, -0.25) is 0 Å². The predicted octanol–water partition coefficient (Wildman–Crippen LogP) is 9.37. The van der Waals surface area contributed by atoms with Crippen molar-refractivity contribution >= 4 is 10.8 Å². The van der Waals surface area contributed by atoms with Gasteiger partial charge < -0.3 is 10.2 Å². The second-order valence-corrected chi connectivity index (χ2v) is 13.6. The highest BCUT2D eigenvalue weighted by atomic mass is 16.3. The van der Waals surface area contributed by atoms with Gasteiger partial charge in [-0.1, -0.05) is 81.8 Å². The van der Waals surface area contributed by atoms with E-state index in [9.17, 15) is 10.2 Å². The minimum absolute atomic E-state index is 0.110. The summed E-state index contributed by atoms with van der Waals surface area (Å²) in [6.07, 6.45) is 21.7. The summed E-state index contributed by atoms with van der Waals surface area (Å²) in [5.41, 5.74) is 3.15. The van der Waals surface area contributed by atoms with Gasteiger partial charge in [0.05, 0.1) is 0 Å². The zero-order valence-corrected chi connectivity index (χ0v) is 24.1. The molecule has 210 valence electrons. The molecule has 0 atom stereocenters. The second-order valence-electron chi connectivity index (χ2n) is 13.6. The van der Waals surface area contributed by atoms with Gasteiger partial charge in [0.15, 0.2) is 0 Å². The lowest BCUT2D eigenvalue weighted by Gasteiger charge is -2.34. The molecule has 0 saturated heterocycles. The number of aliphatic hydroxyl groups excluding tert-OH is 2. The SMILES string of the molecule is CCCC1CCC(c2ccc3cc(C4CCC(CCC5CCC(C(CO)CO)CC5)CC4)ccc3c2)CC1. The molecule has 3 aliphatic carbocycles. The van der Waals surface area contributed by atoms with Gasteiger partial charge in [-0.25, -0.2) is 0 Å². The van der Waals surface area contributed by atoms with E-state index in [-0.39, 0.29) is 19.1 Å². The maximum Gasteiger partial charge on any atom is 0.0483 e. The van der Waals surface area contributed by atoms with Crippen molar-refractivity contribution in [3.05, 3.63) is 47.5 Å². The van der Waals surface area contributed by atoms with Gasteiger partial charge in [0, 0.05) is 19.1 Å². The van der Waals surface area contributed by atoms with Crippen LogP contribution in [0.5, 0.6) is 0 Å². The van der Waals surface area contributed by atoms with E-state index < -0.39 is 0 Å². The van der Waals surface area contributed by atoms with Crippen LogP contribution < -0.4 is 0 Å². The Morgan fingerprint density at radius 2 is 1.00 bits per heavy atom. The smallest absolute Gasteiger partial charge is 0.0483 e. The average Bonchev–Trinajstić information content (AvgIpc) is 2.98. The summed E-state index contributed by atoms with van der Waals surface area (Å²) in [5.74, 6) is 4.94. The molecule has 2 heteroatoms. The molecule has 2 N–H and O–H groups in total. The van der Waals surface area contributed by atoms with Crippen LogP contribution in [0.4, 0.5) is 0 Å². The predicted molar refractivity (Wildman–Crippen MR) is 161 cm³/mol. The molecule has 3 aliphatic rings. The summed E-state index contributed by atoms with van der Waals surface area (Å²) >= 11 is 0. The summed E-state index contributed by atoms with van der Waals surface area (Å²) in [6.45, 7) is 2.62. The highest BCUT2D eigenvalue weighted by molar-refractivity contribution is 5.84. The molecule has 3 fully saturated rings. The highest BCUT2D eigenvalue weighted by Crippen LogP contribution is 2.42. The number of aliphatic hydroxyl groups is 2. The van der Waals surface area contributed by atoms with Crippen LogP contribution in [-0.4, -0.2) is 23.4 Å². The van der Waals surface area contributed by atoms with Crippen molar-refractivity contribution in [2.24, 2.45) is 29.6 Å². The fourth-order valence-corrected chi connectivity index (χ4v) is 8.54. The zero-order chi connectivity index (χ0) is 26.3. The Labute approximate surface area is 232 Å². The lowest BCUT2D eigenvalue weighted by Crippen LogP contribution is -2.27. The van der Waals surface area contributed by atoms with Crippen molar-refractivity contribution in [1.82, 2.24) is 0 Å². The van der Waals surface area contributed by atoms with Crippen molar-refractivity contribution < 1.29 is 10.2 Å². The Balaban J connectivity index is 1.07. The third kappa shape index (κ3) is 7.03. The van der Waals surface area contributed by atoms with Gasteiger partial charge in [-0.2, -0.15) is 0 Å². The van der Waals surface area contributed by atoms with Crippen molar-refractivity contribution in [2.45, 2.75) is 121 Å². The first-order chi connectivity index (χ1) is 18.7. The second kappa shape index (κ2) is 13.8. The summed E-state index contributed by atoms with van der Waals surface area (Å²) in [4.78, 5) is 0. The Kier molecular flexibility index (Phi) is 10.2. The summed E-state index contributed by atoms with van der Waals surface area (Å²) < 4.78 is 0. The number of benzene rings is 2. The summed E-state index contributed by atoms with van der Waals surface area (Å²) in [6, 6.07) is 14.7. The number of fused-ring (bicyclic) bond motifs is 1. The molecule has 0 heterocycles. The highest BCUT2D eigenvalue weighted by Gasteiger charge is 2.28. The van der Waals surface area contributed by atoms with Crippen LogP contribution in [0.25, 0.3) is 10.8 Å². The molecule has 5 rings (SSSR count). The molecule has 0 aromatic heterocycles. The Bertz CT molecular complexity index is 970. The monoisotopic (exact) mass is 518 g/mol. The topological polar surface area (TPSA) is 40.5 Å². The molecule has 2 aromatic rings. The van der Waals surface area contributed by atoms with Crippen molar-refractivity contribution in [3.8, 4) is 0 Å². The van der Waals surface area contributed by atoms with Crippen LogP contribution in [0.15, 0.2) is 36.4 Å². The molecular formula is C36H54O2. The molecule has 2 nitrogen and oxygen atoms in total. The fourth-order valence-electron chi connectivity index (χ4n) is 8.54. The number of rotatable bonds is 10. The number of hydrogen-bond acceptors (Lipinski definition) is 2. The van der Waals surface area contributed by atoms with Gasteiger partial charge in [-0.15, -0.1) is 0 Å². The van der Waals surface area contributed by atoms with E-state index in [0.29, 0.717) is 5.92 Å². The maximum atomic E-state index is 9.49. The zero-order valence-electron chi connectivity index (χ0n) is 24.1. The molecule has 38 heavy (non-hydrogen) atoms. The van der Waals surface area contributed by atoms with E-state index >= 15 is 0 Å². The largest absolute Gasteiger partial charge is 0.396 e. The van der Waals surface area contributed by atoms with Crippen LogP contribution in [0.1, 0.15) is 133 Å². The third-order valence-electron chi connectivity index (χ3n) is 11.2. The van der Waals surface area contributed by atoms with E-state index in [2.05, 4.69) is 43.3 Å². The number of hydrogen-bond donors (Lipinski definition) is 2. The molecule has 0 unspecified atom stereocenters. The average molecular weight is 519 g/mol. The first kappa shape index (κ1) is 28.2. The van der Waals surface area contributed by atoms with E-state index in [0.717, 1.165) is 29.6 Å². The van der Waals surface area contributed by atoms with Gasteiger partial charge in [0.2, 0.25) is 0 Å². The Morgan fingerprint density at radius 1 is 0.579 bits per heavy atom. The standard InChI is InChI=1S/C36H54O2/c1-2-3-26-6-12-29(13-7-26)32-18-20-35-23-33(19-21-34(35)22-32)30-14-8-27(9-15-30)4-5-28-10-16-31(17-11-28)36(24-37)25-38/h18-23,26-31,36-38H,2-17,24-25H2,1H3. The quantitative estimate of drug-likeness (QED) is 0.329. The van der Waals surface area contributed by atoms with Gasteiger partial charge in [0.1, 0.15) is 0 Å². The van der Waals surface area contributed by atoms with E-state index in [1.54, 1.807) is 11.1 Å². The van der Waals surface area contributed by atoms with Crippen LogP contribution in [0.3, 0.4) is 0 Å². The van der Waals surface area contributed by atoms with Gasteiger partial charge in [-0.05, 0) is 122 Å². The molecule has 0 spiro atoms. The van der Waals surface area contributed by atoms with Crippen LogP contribution in [0, 0.1) is 29.6 Å². The van der Waals surface area contributed by atoms with Crippen LogP contribution in [-0.2, 0) is 0 Å². The lowest BCUT2D eigenvalue weighted by molar-refractivity contribution is 0.0772. The van der Waals surface area contributed by atoms with Crippen molar-refractivity contribution in [1.29, 1.82) is 0 Å². The van der Waals surface area contributed by atoms with Crippen LogP contribution in [0.2, 0.25) is 0 Å². The van der Waals surface area contributed by atoms with E-state index in [1.807, 2.05) is 0 Å². The molecule has 0 amide bonds. The molecule has 3 saturated carbocycles. The van der Waals surface area contributed by atoms with Gasteiger partial charge in [0.25, 0.3) is 0 Å². The minimum atomic E-state index is 0.110. The Hall–Kier alpha value is -1.38. The normalized spacial score (nSPS) is 30.6. The molecule has 0 bridgehead atoms. The molecule has 0 aliphatic heterocycles. The van der Waals surface area contributed by atoms with Gasteiger partial charge >= 0.3 is 0 Å². The summed E-state index contributed by atoms with van der Waals surface area (Å²) in [5, 5.41) is 21.9. The minimum Gasteiger partial charge on any atom is -0.396 e. The Morgan fingerprint density at radius 3 is 1.42 bits per heavy atom. The third-order valence-corrected chi connectivity index (χ3v) is 11.2. The van der Waals surface area contributed by atoms with E-state index in [1.165, 1.54) is 114 Å². The fraction of sp³-hybridized carbons (Fsp3) is 0.722.